The van der Waals surface area contributed by atoms with Gasteiger partial charge in [-0.1, -0.05) is 54.6 Å². The van der Waals surface area contributed by atoms with Gasteiger partial charge in [0.1, 0.15) is 11.6 Å². The van der Waals surface area contributed by atoms with E-state index in [4.69, 9.17) is 9.40 Å². The lowest BCUT2D eigenvalue weighted by atomic mass is 10.0. The standard InChI is InChI=1S/C25H19N3O/c1-2-9-18(10-3-1)17-27-21-13-6-4-11-19(21)24-26-20-12-5-7-14-22(20)28(24)25(27)23-15-8-16-29-23/h1-16,25H,17H2. The van der Waals surface area contributed by atoms with Crippen LogP contribution in [0.5, 0.6) is 0 Å². The first kappa shape index (κ1) is 16.2. The average molecular weight is 377 g/mol. The van der Waals surface area contributed by atoms with Gasteiger partial charge in [-0.3, -0.25) is 4.57 Å². The van der Waals surface area contributed by atoms with Crippen LogP contribution in [0.3, 0.4) is 0 Å². The van der Waals surface area contributed by atoms with E-state index < -0.39 is 0 Å². The average Bonchev–Trinajstić information content (AvgIpc) is 3.43. The smallest absolute Gasteiger partial charge is 0.167 e. The number of para-hydroxylation sites is 3. The zero-order chi connectivity index (χ0) is 19.2. The summed E-state index contributed by atoms with van der Waals surface area (Å²) >= 11 is 0. The monoisotopic (exact) mass is 377 g/mol. The molecule has 4 nitrogen and oxygen atoms in total. The first-order chi connectivity index (χ1) is 14.4. The maximum atomic E-state index is 5.94. The Labute approximate surface area is 168 Å². The van der Waals surface area contributed by atoms with Gasteiger partial charge >= 0.3 is 0 Å². The Kier molecular flexibility index (Phi) is 3.56. The van der Waals surface area contributed by atoms with E-state index in [-0.39, 0.29) is 6.17 Å². The van der Waals surface area contributed by atoms with Gasteiger partial charge in [-0.2, -0.15) is 0 Å². The Morgan fingerprint density at radius 3 is 2.45 bits per heavy atom. The van der Waals surface area contributed by atoms with Crippen LogP contribution in [-0.2, 0) is 6.54 Å². The molecule has 1 aliphatic rings. The molecule has 1 atom stereocenters. The van der Waals surface area contributed by atoms with Crippen LogP contribution in [-0.4, -0.2) is 9.55 Å². The van der Waals surface area contributed by atoms with Crippen LogP contribution in [0.4, 0.5) is 5.69 Å². The van der Waals surface area contributed by atoms with Crippen molar-refractivity contribution in [1.82, 2.24) is 9.55 Å². The SMILES string of the molecule is c1ccc(CN2c3ccccc3-c3nc4ccccc4n3C2c2ccco2)cc1. The fourth-order valence-electron chi connectivity index (χ4n) is 4.34. The van der Waals surface area contributed by atoms with Gasteiger partial charge in [-0.15, -0.1) is 0 Å². The van der Waals surface area contributed by atoms with E-state index in [2.05, 4.69) is 88.3 Å². The summed E-state index contributed by atoms with van der Waals surface area (Å²) in [5, 5.41) is 0. The molecule has 0 aliphatic carbocycles. The van der Waals surface area contributed by atoms with Crippen LogP contribution in [0.2, 0.25) is 0 Å². The fraction of sp³-hybridized carbons (Fsp3) is 0.0800. The second-order valence-electron chi connectivity index (χ2n) is 7.31. The number of anilines is 1. The van der Waals surface area contributed by atoms with Crippen LogP contribution in [0.15, 0.2) is 102 Å². The molecule has 0 radical (unpaired) electrons. The number of fused-ring (bicyclic) bond motifs is 5. The topological polar surface area (TPSA) is 34.2 Å². The number of hydrogen-bond donors (Lipinski definition) is 0. The van der Waals surface area contributed by atoms with Crippen molar-refractivity contribution in [3.8, 4) is 11.4 Å². The van der Waals surface area contributed by atoms with Crippen molar-refractivity contribution in [2.45, 2.75) is 12.7 Å². The lowest BCUT2D eigenvalue weighted by molar-refractivity contribution is 0.414. The molecule has 0 N–H and O–H groups in total. The van der Waals surface area contributed by atoms with E-state index in [1.54, 1.807) is 6.26 Å². The van der Waals surface area contributed by atoms with Gasteiger partial charge in [0, 0.05) is 17.8 Å². The molecule has 0 saturated heterocycles. The van der Waals surface area contributed by atoms with Gasteiger partial charge in [0.25, 0.3) is 0 Å². The van der Waals surface area contributed by atoms with Gasteiger partial charge in [-0.25, -0.2) is 4.98 Å². The van der Waals surface area contributed by atoms with E-state index in [1.807, 2.05) is 12.1 Å². The van der Waals surface area contributed by atoms with Crippen LogP contribution in [0.25, 0.3) is 22.4 Å². The van der Waals surface area contributed by atoms with Gasteiger partial charge in [0.2, 0.25) is 0 Å². The van der Waals surface area contributed by atoms with Crippen LogP contribution >= 0.6 is 0 Å². The number of rotatable bonds is 3. The highest BCUT2D eigenvalue weighted by Gasteiger charge is 2.35. The third-order valence-electron chi connectivity index (χ3n) is 5.58. The lowest BCUT2D eigenvalue weighted by Gasteiger charge is -2.39. The van der Waals surface area contributed by atoms with Crippen molar-refractivity contribution < 1.29 is 4.42 Å². The normalized spacial score (nSPS) is 15.3. The highest BCUT2D eigenvalue weighted by molar-refractivity contribution is 5.87. The molecule has 3 aromatic carbocycles. The highest BCUT2D eigenvalue weighted by Crippen LogP contribution is 2.45. The summed E-state index contributed by atoms with van der Waals surface area (Å²) in [5.41, 5.74) is 5.67. The number of benzene rings is 3. The summed E-state index contributed by atoms with van der Waals surface area (Å²) in [5.74, 6) is 1.88. The summed E-state index contributed by atoms with van der Waals surface area (Å²) < 4.78 is 8.25. The summed E-state index contributed by atoms with van der Waals surface area (Å²) in [6, 6.07) is 31.4. The molecule has 0 saturated carbocycles. The molecule has 140 valence electrons. The third-order valence-corrected chi connectivity index (χ3v) is 5.58. The molecule has 0 amide bonds. The van der Waals surface area contributed by atoms with Crippen molar-refractivity contribution in [3.05, 3.63) is 109 Å². The maximum absolute atomic E-state index is 5.94. The quantitative estimate of drug-likeness (QED) is 0.395. The van der Waals surface area contributed by atoms with Crippen molar-refractivity contribution in [2.24, 2.45) is 0 Å². The Hall–Kier alpha value is -3.79. The summed E-state index contributed by atoms with van der Waals surface area (Å²) in [4.78, 5) is 7.40. The molecule has 5 aromatic rings. The Bertz CT molecular complexity index is 1290. The van der Waals surface area contributed by atoms with Gasteiger partial charge in [0.15, 0.2) is 6.17 Å². The molecule has 6 rings (SSSR count). The van der Waals surface area contributed by atoms with Crippen LogP contribution in [0.1, 0.15) is 17.5 Å². The van der Waals surface area contributed by atoms with Crippen LogP contribution < -0.4 is 4.90 Å². The fourth-order valence-corrected chi connectivity index (χ4v) is 4.34. The maximum Gasteiger partial charge on any atom is 0.167 e. The van der Waals surface area contributed by atoms with E-state index in [9.17, 15) is 0 Å². The largest absolute Gasteiger partial charge is 0.465 e. The molecular weight excluding hydrogens is 358 g/mol. The summed E-state index contributed by atoms with van der Waals surface area (Å²) in [6.07, 6.45) is 1.64. The number of aromatic nitrogens is 2. The Morgan fingerprint density at radius 1 is 0.793 bits per heavy atom. The highest BCUT2D eigenvalue weighted by atomic mass is 16.3. The molecule has 0 fully saturated rings. The number of imidazole rings is 1. The predicted molar refractivity (Wildman–Crippen MR) is 115 cm³/mol. The molecule has 1 aliphatic heterocycles. The number of hydrogen-bond acceptors (Lipinski definition) is 3. The molecule has 3 heterocycles. The van der Waals surface area contributed by atoms with Gasteiger partial charge in [-0.05, 0) is 42.0 Å². The van der Waals surface area contributed by atoms with Gasteiger partial charge < -0.3 is 9.32 Å². The lowest BCUT2D eigenvalue weighted by Crippen LogP contribution is -2.36. The van der Waals surface area contributed by atoms with Crippen LogP contribution in [0, 0.1) is 0 Å². The van der Waals surface area contributed by atoms with E-state index in [0.717, 1.165) is 34.7 Å². The molecular formula is C25H19N3O. The zero-order valence-corrected chi connectivity index (χ0v) is 15.8. The second-order valence-corrected chi connectivity index (χ2v) is 7.31. The minimum Gasteiger partial charge on any atom is -0.465 e. The van der Waals surface area contributed by atoms with E-state index >= 15 is 0 Å². The van der Waals surface area contributed by atoms with Crippen molar-refractivity contribution in [1.29, 1.82) is 0 Å². The summed E-state index contributed by atoms with van der Waals surface area (Å²) in [6.45, 7) is 0.773. The molecule has 2 aromatic heterocycles. The van der Waals surface area contributed by atoms with Crippen molar-refractivity contribution in [2.75, 3.05) is 4.90 Å². The first-order valence-corrected chi connectivity index (χ1v) is 9.80. The minimum atomic E-state index is -0.109. The number of nitrogens with zero attached hydrogens (tertiary/aromatic N) is 3. The van der Waals surface area contributed by atoms with Crippen molar-refractivity contribution in [3.63, 3.8) is 0 Å². The third kappa shape index (κ3) is 2.49. The first-order valence-electron chi connectivity index (χ1n) is 9.80. The van der Waals surface area contributed by atoms with E-state index in [1.165, 1.54) is 11.3 Å². The molecule has 4 heteroatoms. The molecule has 0 spiro atoms. The van der Waals surface area contributed by atoms with Gasteiger partial charge in [0.05, 0.1) is 17.3 Å². The second kappa shape index (κ2) is 6.38. The van der Waals surface area contributed by atoms with E-state index in [0.29, 0.717) is 0 Å². The predicted octanol–water partition coefficient (Wildman–Crippen LogP) is 5.86. The Balaban J connectivity index is 1.64. The van der Waals surface area contributed by atoms with Crippen molar-refractivity contribution >= 4 is 16.7 Å². The summed E-state index contributed by atoms with van der Waals surface area (Å²) in [7, 11) is 0. The Morgan fingerprint density at radius 2 is 1.59 bits per heavy atom. The minimum absolute atomic E-state index is 0.109. The zero-order valence-electron chi connectivity index (χ0n) is 15.8. The molecule has 1 unspecified atom stereocenters. The molecule has 0 bridgehead atoms. The number of furan rings is 1. The molecule has 29 heavy (non-hydrogen) atoms.